The molecule has 0 saturated heterocycles. The number of carbonyl (C=O) groups is 1. The maximum atomic E-state index is 11.2. The van der Waals surface area contributed by atoms with Gasteiger partial charge in [-0.15, -0.1) is 0 Å². The van der Waals surface area contributed by atoms with Crippen molar-refractivity contribution in [2.75, 3.05) is 7.11 Å². The number of hydrogen-bond donors (Lipinski definition) is 0. The fourth-order valence-corrected chi connectivity index (χ4v) is 2.40. The molecule has 1 fully saturated rings. The summed E-state index contributed by atoms with van der Waals surface area (Å²) in [6.07, 6.45) is 3.80. The Morgan fingerprint density at radius 1 is 1.28 bits per heavy atom. The predicted molar refractivity (Wildman–Crippen MR) is 65.2 cm³/mol. The van der Waals surface area contributed by atoms with Gasteiger partial charge in [0.15, 0.2) is 0 Å². The molecule has 5 nitrogen and oxygen atoms in total. The summed E-state index contributed by atoms with van der Waals surface area (Å²) in [5.74, 6) is 0.355. The Bertz CT molecular complexity index is 441. The molecule has 0 N–H and O–H groups in total. The molecular weight excluding hydrogens is 232 g/mol. The van der Waals surface area contributed by atoms with Crippen LogP contribution < -0.4 is 0 Å². The zero-order valence-corrected chi connectivity index (χ0v) is 11.4. The van der Waals surface area contributed by atoms with Crippen LogP contribution in [0.4, 0.5) is 0 Å². The standard InChI is InChI=1S/C13H20N2O3/c1-9(16)10-14-11(15-18-10)13(17-4)7-5-12(2,3)6-8-13/h5-8H2,1-4H3. The summed E-state index contributed by atoms with van der Waals surface area (Å²) >= 11 is 0. The number of nitrogens with zero attached hydrogens (tertiary/aromatic N) is 2. The summed E-state index contributed by atoms with van der Waals surface area (Å²) < 4.78 is 10.6. The van der Waals surface area contributed by atoms with Gasteiger partial charge in [0.05, 0.1) is 0 Å². The van der Waals surface area contributed by atoms with Gasteiger partial charge in [0.25, 0.3) is 5.89 Å². The lowest BCUT2D eigenvalue weighted by molar-refractivity contribution is -0.0740. The summed E-state index contributed by atoms with van der Waals surface area (Å²) in [6, 6.07) is 0. The van der Waals surface area contributed by atoms with Crippen LogP contribution in [0.25, 0.3) is 0 Å². The van der Waals surface area contributed by atoms with E-state index in [9.17, 15) is 4.79 Å². The summed E-state index contributed by atoms with van der Waals surface area (Å²) in [6.45, 7) is 5.92. The van der Waals surface area contributed by atoms with Crippen LogP contribution in [-0.4, -0.2) is 23.0 Å². The van der Waals surface area contributed by atoms with E-state index in [1.807, 2.05) is 0 Å². The second kappa shape index (κ2) is 4.46. The van der Waals surface area contributed by atoms with Gasteiger partial charge in [-0.3, -0.25) is 4.79 Å². The first-order valence-electron chi connectivity index (χ1n) is 6.29. The van der Waals surface area contributed by atoms with Crippen LogP contribution in [0.15, 0.2) is 4.52 Å². The smallest absolute Gasteiger partial charge is 0.293 e. The average Bonchev–Trinajstić information content (AvgIpc) is 2.80. The number of carbonyl (C=O) groups excluding carboxylic acids is 1. The lowest BCUT2D eigenvalue weighted by Crippen LogP contribution is -2.37. The third kappa shape index (κ3) is 2.32. The Balaban J connectivity index is 2.25. The maximum absolute atomic E-state index is 11.2. The second-order valence-electron chi connectivity index (χ2n) is 5.84. The number of Topliss-reactive ketones (excluding diaryl/α,β-unsaturated/α-hetero) is 1. The van der Waals surface area contributed by atoms with E-state index >= 15 is 0 Å². The lowest BCUT2D eigenvalue weighted by atomic mass is 9.70. The lowest BCUT2D eigenvalue weighted by Gasteiger charge is -2.40. The van der Waals surface area contributed by atoms with Gasteiger partial charge in [-0.2, -0.15) is 4.98 Å². The molecule has 0 spiro atoms. The molecule has 0 radical (unpaired) electrons. The molecule has 1 aromatic heterocycles. The molecule has 0 atom stereocenters. The molecule has 1 aliphatic carbocycles. The average molecular weight is 252 g/mol. The van der Waals surface area contributed by atoms with Crippen molar-refractivity contribution in [1.29, 1.82) is 0 Å². The minimum Gasteiger partial charge on any atom is -0.370 e. The third-order valence-corrected chi connectivity index (χ3v) is 3.94. The molecule has 100 valence electrons. The van der Waals surface area contributed by atoms with Crippen LogP contribution in [0.3, 0.4) is 0 Å². The topological polar surface area (TPSA) is 65.2 Å². The number of hydrogen-bond acceptors (Lipinski definition) is 5. The Hall–Kier alpha value is -1.23. The number of methoxy groups -OCH3 is 1. The second-order valence-corrected chi connectivity index (χ2v) is 5.84. The fourth-order valence-electron chi connectivity index (χ4n) is 2.40. The van der Waals surface area contributed by atoms with Crippen molar-refractivity contribution in [1.82, 2.24) is 10.1 Å². The van der Waals surface area contributed by atoms with Crippen LogP contribution >= 0.6 is 0 Å². The van der Waals surface area contributed by atoms with E-state index in [2.05, 4.69) is 24.0 Å². The van der Waals surface area contributed by atoms with E-state index in [0.29, 0.717) is 11.2 Å². The third-order valence-electron chi connectivity index (χ3n) is 3.94. The number of rotatable bonds is 3. The van der Waals surface area contributed by atoms with Gasteiger partial charge >= 0.3 is 0 Å². The SMILES string of the molecule is COC1(c2noc(C(C)=O)n2)CCC(C)(C)CC1. The van der Waals surface area contributed by atoms with Crippen LogP contribution in [-0.2, 0) is 10.3 Å². The van der Waals surface area contributed by atoms with Crippen molar-refractivity contribution in [3.8, 4) is 0 Å². The van der Waals surface area contributed by atoms with Gasteiger partial charge in [0.1, 0.15) is 5.60 Å². The van der Waals surface area contributed by atoms with E-state index in [1.165, 1.54) is 6.92 Å². The van der Waals surface area contributed by atoms with Gasteiger partial charge in [-0.25, -0.2) is 0 Å². The van der Waals surface area contributed by atoms with Crippen molar-refractivity contribution in [2.24, 2.45) is 5.41 Å². The van der Waals surface area contributed by atoms with E-state index in [0.717, 1.165) is 25.7 Å². The molecule has 2 rings (SSSR count). The van der Waals surface area contributed by atoms with Crippen molar-refractivity contribution in [3.05, 3.63) is 11.7 Å². The Kier molecular flexibility index (Phi) is 3.27. The molecule has 1 heterocycles. The van der Waals surface area contributed by atoms with Crippen LogP contribution in [0.1, 0.15) is 63.0 Å². The molecule has 1 saturated carbocycles. The Labute approximate surface area is 107 Å². The van der Waals surface area contributed by atoms with Gasteiger partial charge in [-0.05, 0) is 31.1 Å². The van der Waals surface area contributed by atoms with Gasteiger partial charge in [0, 0.05) is 14.0 Å². The number of ketones is 1. The highest BCUT2D eigenvalue weighted by Crippen LogP contribution is 2.46. The van der Waals surface area contributed by atoms with Crippen molar-refractivity contribution < 1.29 is 14.1 Å². The van der Waals surface area contributed by atoms with E-state index < -0.39 is 5.60 Å². The molecule has 0 amide bonds. The monoisotopic (exact) mass is 252 g/mol. The van der Waals surface area contributed by atoms with E-state index in [1.54, 1.807) is 7.11 Å². The molecule has 1 aromatic rings. The highest BCUT2D eigenvalue weighted by atomic mass is 16.5. The van der Waals surface area contributed by atoms with Gasteiger partial charge in [-0.1, -0.05) is 19.0 Å². The Morgan fingerprint density at radius 3 is 2.33 bits per heavy atom. The summed E-state index contributed by atoms with van der Waals surface area (Å²) in [5.41, 5.74) is -0.165. The Morgan fingerprint density at radius 2 is 1.89 bits per heavy atom. The number of ether oxygens (including phenoxy) is 1. The molecule has 0 aromatic carbocycles. The fraction of sp³-hybridized carbons (Fsp3) is 0.769. The highest BCUT2D eigenvalue weighted by Gasteiger charge is 2.43. The van der Waals surface area contributed by atoms with Crippen molar-refractivity contribution >= 4 is 5.78 Å². The van der Waals surface area contributed by atoms with Crippen LogP contribution in [0, 0.1) is 5.41 Å². The van der Waals surface area contributed by atoms with Crippen molar-refractivity contribution in [3.63, 3.8) is 0 Å². The highest BCUT2D eigenvalue weighted by molar-refractivity contribution is 5.89. The maximum Gasteiger partial charge on any atom is 0.293 e. The largest absolute Gasteiger partial charge is 0.370 e. The molecule has 0 aliphatic heterocycles. The molecule has 0 unspecified atom stereocenters. The zero-order chi connectivity index (χ0) is 13.4. The first kappa shape index (κ1) is 13.2. The number of aromatic nitrogens is 2. The minimum absolute atomic E-state index is 0.0614. The molecule has 0 bridgehead atoms. The van der Waals surface area contributed by atoms with Gasteiger partial charge < -0.3 is 9.26 Å². The molecular formula is C13H20N2O3. The first-order valence-corrected chi connectivity index (χ1v) is 6.29. The molecule has 18 heavy (non-hydrogen) atoms. The normalized spacial score (nSPS) is 21.8. The van der Waals surface area contributed by atoms with Crippen LogP contribution in [0.5, 0.6) is 0 Å². The summed E-state index contributed by atoms with van der Waals surface area (Å²) in [4.78, 5) is 15.4. The molecule has 1 aliphatic rings. The minimum atomic E-state index is -0.493. The van der Waals surface area contributed by atoms with E-state index in [4.69, 9.17) is 9.26 Å². The molecule has 5 heteroatoms. The van der Waals surface area contributed by atoms with Gasteiger partial charge in [0.2, 0.25) is 11.6 Å². The zero-order valence-electron chi connectivity index (χ0n) is 11.4. The summed E-state index contributed by atoms with van der Waals surface area (Å²) in [5, 5.41) is 3.92. The predicted octanol–water partition coefficient (Wildman–Crippen LogP) is 2.71. The first-order chi connectivity index (χ1) is 8.38. The summed E-state index contributed by atoms with van der Waals surface area (Å²) in [7, 11) is 1.67. The van der Waals surface area contributed by atoms with Crippen LogP contribution in [0.2, 0.25) is 0 Å². The quantitative estimate of drug-likeness (QED) is 0.774. The van der Waals surface area contributed by atoms with Crippen molar-refractivity contribution in [2.45, 2.75) is 52.1 Å². The van der Waals surface area contributed by atoms with E-state index in [-0.39, 0.29) is 11.7 Å².